The predicted octanol–water partition coefficient (Wildman–Crippen LogP) is 4.03. The van der Waals surface area contributed by atoms with Crippen LogP contribution in [0.15, 0.2) is 42.2 Å². The topological polar surface area (TPSA) is 55.8 Å². The molecule has 2 heterocycles. The number of benzene rings is 2. The van der Waals surface area contributed by atoms with Gasteiger partial charge in [0, 0.05) is 17.0 Å². The van der Waals surface area contributed by atoms with Crippen molar-refractivity contribution in [3.05, 3.63) is 63.9 Å². The highest BCUT2D eigenvalue weighted by atomic mass is 35.5. The van der Waals surface area contributed by atoms with Crippen molar-refractivity contribution in [2.24, 2.45) is 0 Å². The summed E-state index contributed by atoms with van der Waals surface area (Å²) in [5.74, 6) is 1.32. The first-order valence-corrected chi connectivity index (χ1v) is 8.45. The zero-order valence-electron chi connectivity index (χ0n) is 13.9. The molecule has 1 atom stereocenters. The molecule has 0 saturated heterocycles. The molecule has 2 aromatic carbocycles. The van der Waals surface area contributed by atoms with Gasteiger partial charge >= 0.3 is 0 Å². The van der Waals surface area contributed by atoms with Crippen LogP contribution >= 0.6 is 11.6 Å². The number of Topliss-reactive ketones (excluding diaryl/α,β-unsaturated/α-hetero) is 1. The summed E-state index contributed by atoms with van der Waals surface area (Å²) in [5, 5.41) is 10.8. The quantitative estimate of drug-likeness (QED) is 0.825. The molecule has 25 heavy (non-hydrogen) atoms. The maximum absolute atomic E-state index is 12.6. The maximum atomic E-state index is 12.6. The number of rotatable bonds is 2. The lowest BCUT2D eigenvalue weighted by molar-refractivity contribution is -0.0229. The number of aliphatic hydroxyl groups is 1. The molecular weight excluding hydrogens is 340 g/mol. The molecule has 0 radical (unpaired) electrons. The van der Waals surface area contributed by atoms with Crippen molar-refractivity contribution in [2.45, 2.75) is 32.0 Å². The Morgan fingerprint density at radius 2 is 1.92 bits per heavy atom. The molecule has 2 aliphatic heterocycles. The Balaban J connectivity index is 1.68. The molecule has 0 amide bonds. The summed E-state index contributed by atoms with van der Waals surface area (Å²) in [4.78, 5) is 12.6. The third-order valence-electron chi connectivity index (χ3n) is 4.51. The zero-order valence-corrected chi connectivity index (χ0v) is 14.6. The van der Waals surface area contributed by atoms with Crippen LogP contribution in [0.4, 0.5) is 0 Å². The SMILES string of the molecule is CC(C)(O)[C@H]1Cc2c(ccc3c2O/C(=C\c2ccc(Cl)cc2)C3=O)O1. The molecule has 0 fully saturated rings. The highest BCUT2D eigenvalue weighted by Crippen LogP contribution is 2.45. The number of halogens is 1. The minimum absolute atomic E-state index is 0.153. The van der Waals surface area contributed by atoms with Crippen molar-refractivity contribution >= 4 is 23.5 Å². The average molecular weight is 357 g/mol. The van der Waals surface area contributed by atoms with Crippen LogP contribution in [0.25, 0.3) is 6.08 Å². The molecule has 4 rings (SSSR count). The first-order valence-electron chi connectivity index (χ1n) is 8.07. The van der Waals surface area contributed by atoms with E-state index in [1.165, 1.54) is 0 Å². The lowest BCUT2D eigenvalue weighted by Gasteiger charge is -2.24. The highest BCUT2D eigenvalue weighted by Gasteiger charge is 2.40. The molecule has 0 bridgehead atoms. The Morgan fingerprint density at radius 1 is 1.20 bits per heavy atom. The number of carbonyl (C=O) groups excluding carboxylic acids is 1. The monoisotopic (exact) mass is 356 g/mol. The first kappa shape index (κ1) is 16.2. The van der Waals surface area contributed by atoms with Gasteiger partial charge in [-0.05, 0) is 49.8 Å². The van der Waals surface area contributed by atoms with E-state index in [9.17, 15) is 9.90 Å². The smallest absolute Gasteiger partial charge is 0.231 e. The zero-order chi connectivity index (χ0) is 17.8. The summed E-state index contributed by atoms with van der Waals surface area (Å²) in [6.45, 7) is 3.42. The molecule has 0 unspecified atom stereocenters. The number of fused-ring (bicyclic) bond motifs is 3. The van der Waals surface area contributed by atoms with Crippen LogP contribution in [0.5, 0.6) is 11.5 Å². The van der Waals surface area contributed by atoms with Crippen LogP contribution in [0.2, 0.25) is 5.02 Å². The number of ketones is 1. The molecule has 0 aromatic heterocycles. The molecule has 128 valence electrons. The molecule has 2 aliphatic rings. The summed E-state index contributed by atoms with van der Waals surface area (Å²) in [6, 6.07) is 10.7. The second kappa shape index (κ2) is 5.61. The summed E-state index contributed by atoms with van der Waals surface area (Å²) in [7, 11) is 0. The van der Waals surface area contributed by atoms with Gasteiger partial charge in [-0.15, -0.1) is 0 Å². The fraction of sp³-hybridized carbons (Fsp3) is 0.250. The van der Waals surface area contributed by atoms with E-state index in [2.05, 4.69) is 0 Å². The second-order valence-corrected chi connectivity index (χ2v) is 7.31. The highest BCUT2D eigenvalue weighted by molar-refractivity contribution is 6.30. The Morgan fingerprint density at radius 3 is 2.60 bits per heavy atom. The fourth-order valence-corrected chi connectivity index (χ4v) is 3.20. The normalized spacial score (nSPS) is 20.2. The molecule has 2 aromatic rings. The average Bonchev–Trinajstić information content (AvgIpc) is 3.12. The minimum atomic E-state index is -0.976. The van der Waals surface area contributed by atoms with Gasteiger partial charge in [0.1, 0.15) is 17.6 Å². The molecular formula is C20H17ClO4. The first-order chi connectivity index (χ1) is 11.8. The van der Waals surface area contributed by atoms with Crippen LogP contribution in [0.3, 0.4) is 0 Å². The van der Waals surface area contributed by atoms with Gasteiger partial charge in [-0.25, -0.2) is 0 Å². The largest absolute Gasteiger partial charge is 0.487 e. The van der Waals surface area contributed by atoms with Crippen molar-refractivity contribution in [1.82, 2.24) is 0 Å². The van der Waals surface area contributed by atoms with E-state index in [1.807, 2.05) is 12.1 Å². The van der Waals surface area contributed by atoms with Gasteiger partial charge in [-0.1, -0.05) is 23.7 Å². The number of hydrogen-bond donors (Lipinski definition) is 1. The molecule has 1 N–H and O–H groups in total. The van der Waals surface area contributed by atoms with E-state index >= 15 is 0 Å². The van der Waals surface area contributed by atoms with Gasteiger partial charge in [0.25, 0.3) is 0 Å². The third-order valence-corrected chi connectivity index (χ3v) is 4.76. The molecule has 4 nitrogen and oxygen atoms in total. The molecule has 0 saturated carbocycles. The minimum Gasteiger partial charge on any atom is -0.487 e. The Kier molecular flexibility index (Phi) is 3.63. The van der Waals surface area contributed by atoms with Crippen LogP contribution in [-0.4, -0.2) is 22.6 Å². The number of hydrogen-bond acceptors (Lipinski definition) is 4. The Bertz CT molecular complexity index is 891. The van der Waals surface area contributed by atoms with Gasteiger partial charge in [0.05, 0.1) is 11.2 Å². The number of carbonyl (C=O) groups is 1. The summed E-state index contributed by atoms with van der Waals surface area (Å²) in [6.07, 6.45) is 1.84. The molecule has 0 aliphatic carbocycles. The summed E-state index contributed by atoms with van der Waals surface area (Å²) < 4.78 is 11.7. The second-order valence-electron chi connectivity index (χ2n) is 6.87. The number of allylic oxidation sites excluding steroid dienone is 1. The van der Waals surface area contributed by atoms with Crippen LogP contribution in [0, 0.1) is 0 Å². The lowest BCUT2D eigenvalue weighted by Crippen LogP contribution is -2.39. The van der Waals surface area contributed by atoms with E-state index in [1.54, 1.807) is 44.2 Å². The fourth-order valence-electron chi connectivity index (χ4n) is 3.08. The molecule has 0 spiro atoms. The van der Waals surface area contributed by atoms with E-state index in [-0.39, 0.29) is 17.6 Å². The van der Waals surface area contributed by atoms with Crippen LogP contribution in [-0.2, 0) is 6.42 Å². The van der Waals surface area contributed by atoms with Crippen molar-refractivity contribution in [3.63, 3.8) is 0 Å². The molecule has 5 heteroatoms. The van der Waals surface area contributed by atoms with Crippen LogP contribution in [0.1, 0.15) is 35.3 Å². The summed E-state index contributed by atoms with van der Waals surface area (Å²) in [5.41, 5.74) is 1.22. The third kappa shape index (κ3) is 2.81. The standard InChI is InChI=1S/C20H17ClO4/c1-20(2,23)17-10-14-15(24-17)8-7-13-18(22)16(25-19(13)14)9-11-3-5-12(21)6-4-11/h3-9,17,23H,10H2,1-2H3/b16-9-/t17-/m1/s1. The van der Waals surface area contributed by atoms with Crippen LogP contribution < -0.4 is 9.47 Å². The van der Waals surface area contributed by atoms with Gasteiger partial charge in [0.2, 0.25) is 5.78 Å². The van der Waals surface area contributed by atoms with Gasteiger partial charge in [0.15, 0.2) is 5.76 Å². The van der Waals surface area contributed by atoms with Gasteiger partial charge in [-0.3, -0.25) is 4.79 Å². The predicted molar refractivity (Wildman–Crippen MR) is 95.2 cm³/mol. The van der Waals surface area contributed by atoms with Crippen molar-refractivity contribution in [1.29, 1.82) is 0 Å². The van der Waals surface area contributed by atoms with Gasteiger partial charge in [-0.2, -0.15) is 0 Å². The lowest BCUT2D eigenvalue weighted by atomic mass is 9.96. The summed E-state index contributed by atoms with van der Waals surface area (Å²) >= 11 is 5.89. The van der Waals surface area contributed by atoms with E-state index in [0.717, 1.165) is 11.1 Å². The van der Waals surface area contributed by atoms with Crippen molar-refractivity contribution in [2.75, 3.05) is 0 Å². The number of ether oxygens (including phenoxy) is 2. The Hall–Kier alpha value is -2.30. The van der Waals surface area contributed by atoms with E-state index in [4.69, 9.17) is 21.1 Å². The van der Waals surface area contributed by atoms with Crippen molar-refractivity contribution in [3.8, 4) is 11.5 Å². The van der Waals surface area contributed by atoms with Gasteiger partial charge < -0.3 is 14.6 Å². The van der Waals surface area contributed by atoms with E-state index in [0.29, 0.717) is 28.5 Å². The van der Waals surface area contributed by atoms with Crippen molar-refractivity contribution < 1.29 is 19.4 Å². The Labute approximate surface area is 150 Å². The van der Waals surface area contributed by atoms with E-state index < -0.39 is 5.60 Å². The maximum Gasteiger partial charge on any atom is 0.231 e.